The summed E-state index contributed by atoms with van der Waals surface area (Å²) in [6, 6.07) is 9.84. The largest absolute Gasteiger partial charge is 0.463 e. The number of esters is 6. The van der Waals surface area contributed by atoms with Crippen molar-refractivity contribution in [3.05, 3.63) is 58.7 Å². The monoisotopic (exact) mass is 1010 g/mol. The average molecular weight is 1020 g/mol. The molecule has 3 rings (SSSR count). The summed E-state index contributed by atoms with van der Waals surface area (Å²) in [4.78, 5) is 101. The number of aliphatic hydroxyl groups excluding tert-OH is 2. The number of nitrogens with one attached hydrogen (secondary N) is 2. The standard InChI is InChI=1S/C52H74N2O18/c1-37(71-47(61)21-11-9-19-45(59)69-33-29-65-27-31-67-43(57)17-5-3-13-25-55)35-53-41-23-24-42(50-49(41)51(63)39-15-7-8-16-40(39)52(50)64)54-36-38(2)72-48(62)22-12-10-20-46(60)70-34-30-66-28-32-68-44(58)18-6-4-14-26-56/h7-8,15-16,23-24,37-38,53-56H,3-6,9-14,17-22,25-36H2,1-2H3. The second-order valence-corrected chi connectivity index (χ2v) is 17.1. The van der Waals surface area contributed by atoms with E-state index in [-0.39, 0.29) is 163 Å². The van der Waals surface area contributed by atoms with Crippen LogP contribution in [0.2, 0.25) is 0 Å². The molecule has 2 atom stereocenters. The lowest BCUT2D eigenvalue weighted by Crippen LogP contribution is -2.28. The van der Waals surface area contributed by atoms with E-state index in [0.29, 0.717) is 62.7 Å². The minimum absolute atomic E-state index is 0.0390. The van der Waals surface area contributed by atoms with Gasteiger partial charge in [0.05, 0.1) is 50.6 Å². The molecule has 4 N–H and O–H groups in total. The molecule has 20 heteroatoms. The van der Waals surface area contributed by atoms with E-state index in [1.54, 1.807) is 50.2 Å². The van der Waals surface area contributed by atoms with Crippen molar-refractivity contribution in [2.75, 3.05) is 89.8 Å². The summed E-state index contributed by atoms with van der Waals surface area (Å²) < 4.78 is 42.2. The van der Waals surface area contributed by atoms with Gasteiger partial charge in [0, 0.05) is 74.2 Å². The Morgan fingerprint density at radius 1 is 0.431 bits per heavy atom. The van der Waals surface area contributed by atoms with Crippen molar-refractivity contribution in [2.45, 2.75) is 129 Å². The normalized spacial score (nSPS) is 12.4. The molecule has 72 heavy (non-hydrogen) atoms. The number of benzene rings is 2. The lowest BCUT2D eigenvalue weighted by atomic mass is 9.82. The Hall–Kier alpha value is -5.96. The third kappa shape index (κ3) is 24.4. The summed E-state index contributed by atoms with van der Waals surface area (Å²) in [5.41, 5.74) is 1.55. The first-order chi connectivity index (χ1) is 34.8. The highest BCUT2D eigenvalue weighted by molar-refractivity contribution is 6.31. The van der Waals surface area contributed by atoms with E-state index < -0.39 is 36.1 Å². The Morgan fingerprint density at radius 2 is 0.736 bits per heavy atom. The van der Waals surface area contributed by atoms with E-state index in [4.69, 9.17) is 48.1 Å². The van der Waals surface area contributed by atoms with Gasteiger partial charge in [0.1, 0.15) is 38.6 Å². The first-order valence-electron chi connectivity index (χ1n) is 25.1. The number of hydrogen-bond acceptors (Lipinski definition) is 20. The zero-order valence-corrected chi connectivity index (χ0v) is 41.8. The van der Waals surface area contributed by atoms with Crippen LogP contribution < -0.4 is 10.6 Å². The molecule has 0 aromatic heterocycles. The summed E-state index contributed by atoms with van der Waals surface area (Å²) in [7, 11) is 0. The predicted octanol–water partition coefficient (Wildman–Crippen LogP) is 5.58. The third-order valence-electron chi connectivity index (χ3n) is 11.0. The summed E-state index contributed by atoms with van der Waals surface area (Å²) in [6.07, 6.45) is 5.37. The van der Waals surface area contributed by atoms with Crippen LogP contribution in [0, 0.1) is 0 Å². The molecular weight excluding hydrogens is 941 g/mol. The van der Waals surface area contributed by atoms with Gasteiger partial charge in [0.15, 0.2) is 11.6 Å². The minimum atomic E-state index is -0.621. The third-order valence-corrected chi connectivity index (χ3v) is 11.0. The molecule has 0 saturated carbocycles. The van der Waals surface area contributed by atoms with Crippen LogP contribution in [0.3, 0.4) is 0 Å². The SMILES string of the molecule is CC(CNc1ccc(NCC(C)OC(=O)CCCCC(=O)OCCOCCOC(=O)CCCCCO)c2c1C(=O)c1ccccc1C2=O)OC(=O)CCCCC(=O)OCCOCCOC(=O)CCCCCO. The number of unbranched alkanes of at least 4 members (excludes halogenated alkanes) is 6. The van der Waals surface area contributed by atoms with Gasteiger partial charge in [-0.15, -0.1) is 0 Å². The number of rotatable bonds is 40. The smallest absolute Gasteiger partial charge is 0.306 e. The Kier molecular flexibility index (Phi) is 30.2. The van der Waals surface area contributed by atoms with Crippen molar-refractivity contribution in [3.8, 4) is 0 Å². The zero-order chi connectivity index (χ0) is 52.4. The van der Waals surface area contributed by atoms with Crippen molar-refractivity contribution in [1.82, 2.24) is 0 Å². The van der Waals surface area contributed by atoms with Crippen molar-refractivity contribution >= 4 is 58.8 Å². The maximum Gasteiger partial charge on any atom is 0.306 e. The molecule has 2 aromatic rings. The van der Waals surface area contributed by atoms with Crippen LogP contribution in [0.25, 0.3) is 0 Å². The number of ketones is 2. The Bertz CT molecular complexity index is 1880. The first-order valence-corrected chi connectivity index (χ1v) is 25.1. The highest BCUT2D eigenvalue weighted by atomic mass is 16.6. The highest BCUT2D eigenvalue weighted by Gasteiger charge is 2.34. The number of ether oxygens (including phenoxy) is 8. The summed E-state index contributed by atoms with van der Waals surface area (Å²) in [5.74, 6) is -3.19. The molecule has 0 aliphatic heterocycles. The molecule has 1 aliphatic rings. The van der Waals surface area contributed by atoms with E-state index in [2.05, 4.69) is 10.6 Å². The van der Waals surface area contributed by atoms with Gasteiger partial charge >= 0.3 is 35.8 Å². The molecule has 0 radical (unpaired) electrons. The van der Waals surface area contributed by atoms with Gasteiger partial charge in [-0.05, 0) is 77.3 Å². The molecular formula is C52H74N2O18. The van der Waals surface area contributed by atoms with E-state index in [1.807, 2.05) is 0 Å². The van der Waals surface area contributed by atoms with Gasteiger partial charge in [0.2, 0.25) is 0 Å². The van der Waals surface area contributed by atoms with Gasteiger partial charge in [-0.3, -0.25) is 38.4 Å². The lowest BCUT2D eigenvalue weighted by molar-refractivity contribution is -0.149. The molecule has 20 nitrogen and oxygen atoms in total. The maximum absolute atomic E-state index is 13.9. The molecule has 0 saturated heterocycles. The maximum atomic E-state index is 13.9. The molecule has 0 amide bonds. The number of carbonyl (C=O) groups is 8. The number of fused-ring (bicyclic) bond motifs is 2. The van der Waals surface area contributed by atoms with Crippen LogP contribution in [0.4, 0.5) is 11.4 Å². The Balaban J connectivity index is 1.35. The van der Waals surface area contributed by atoms with Crippen molar-refractivity contribution < 1.29 is 86.5 Å². The van der Waals surface area contributed by atoms with E-state index in [9.17, 15) is 38.4 Å². The number of aliphatic hydroxyl groups is 2. The molecule has 400 valence electrons. The summed E-state index contributed by atoms with van der Waals surface area (Å²) in [5, 5.41) is 23.9. The predicted molar refractivity (Wildman–Crippen MR) is 261 cm³/mol. The fourth-order valence-electron chi connectivity index (χ4n) is 7.22. The second-order valence-electron chi connectivity index (χ2n) is 17.1. The fourth-order valence-corrected chi connectivity index (χ4v) is 7.22. The molecule has 0 fully saturated rings. The van der Waals surface area contributed by atoms with Gasteiger partial charge in [0.25, 0.3) is 0 Å². The quantitative estimate of drug-likeness (QED) is 0.0307. The van der Waals surface area contributed by atoms with Crippen LogP contribution in [-0.2, 0) is 66.7 Å². The topological polar surface area (TPSA) is 275 Å². The van der Waals surface area contributed by atoms with Crippen molar-refractivity contribution in [3.63, 3.8) is 0 Å². The number of carbonyl (C=O) groups excluding carboxylic acids is 8. The zero-order valence-electron chi connectivity index (χ0n) is 41.8. The highest BCUT2D eigenvalue weighted by Crippen LogP contribution is 2.36. The van der Waals surface area contributed by atoms with Crippen LogP contribution in [-0.4, -0.2) is 149 Å². The Labute approximate surface area is 421 Å². The Morgan fingerprint density at radius 3 is 1.06 bits per heavy atom. The molecule has 0 bridgehead atoms. The van der Waals surface area contributed by atoms with E-state index in [0.717, 1.165) is 12.8 Å². The minimum Gasteiger partial charge on any atom is -0.463 e. The van der Waals surface area contributed by atoms with Gasteiger partial charge in [-0.25, -0.2) is 0 Å². The average Bonchev–Trinajstić information content (AvgIpc) is 3.36. The summed E-state index contributed by atoms with van der Waals surface area (Å²) in [6.45, 7) is 4.71. The van der Waals surface area contributed by atoms with Gasteiger partial charge in [-0.1, -0.05) is 37.1 Å². The van der Waals surface area contributed by atoms with Crippen LogP contribution in [0.1, 0.15) is 148 Å². The fraction of sp³-hybridized carbons (Fsp3) is 0.615. The van der Waals surface area contributed by atoms with Crippen LogP contribution in [0.5, 0.6) is 0 Å². The van der Waals surface area contributed by atoms with E-state index in [1.165, 1.54) is 0 Å². The number of anilines is 2. The lowest BCUT2D eigenvalue weighted by Gasteiger charge is -2.25. The number of hydrogen-bond donors (Lipinski definition) is 4. The molecule has 2 aromatic carbocycles. The first kappa shape index (κ1) is 60.3. The van der Waals surface area contributed by atoms with Crippen molar-refractivity contribution in [2.24, 2.45) is 0 Å². The second kappa shape index (κ2) is 36.0. The van der Waals surface area contributed by atoms with Gasteiger partial charge in [-0.2, -0.15) is 0 Å². The molecule has 0 heterocycles. The van der Waals surface area contributed by atoms with Gasteiger partial charge < -0.3 is 58.7 Å². The molecule has 0 spiro atoms. The summed E-state index contributed by atoms with van der Waals surface area (Å²) >= 11 is 0. The molecule has 1 aliphatic carbocycles. The van der Waals surface area contributed by atoms with E-state index >= 15 is 0 Å². The van der Waals surface area contributed by atoms with Crippen molar-refractivity contribution in [1.29, 1.82) is 0 Å². The van der Waals surface area contributed by atoms with Crippen LogP contribution in [0.15, 0.2) is 36.4 Å². The van der Waals surface area contributed by atoms with Crippen LogP contribution >= 0.6 is 0 Å². The molecule has 2 unspecified atom stereocenters.